The van der Waals surface area contributed by atoms with Crippen molar-refractivity contribution in [1.29, 1.82) is 0 Å². The summed E-state index contributed by atoms with van der Waals surface area (Å²) < 4.78 is 5.84. The molecule has 1 aliphatic heterocycles. The molecule has 0 radical (unpaired) electrons. The Hall–Kier alpha value is -3.21. The predicted molar refractivity (Wildman–Crippen MR) is 99.1 cm³/mol. The summed E-state index contributed by atoms with van der Waals surface area (Å²) in [5.74, 6) is 0.754. The number of aryl methyl sites for hydroxylation is 1. The first-order valence-electron chi connectivity index (χ1n) is 8.53. The molecule has 1 aliphatic rings. The van der Waals surface area contributed by atoms with Crippen molar-refractivity contribution in [1.82, 2.24) is 15.3 Å². The Balaban J connectivity index is 1.63. The summed E-state index contributed by atoms with van der Waals surface area (Å²) in [6.07, 6.45) is 4.89. The van der Waals surface area contributed by atoms with Crippen LogP contribution >= 0.6 is 0 Å². The number of rotatable bonds is 3. The molecule has 0 saturated heterocycles. The number of carbonyl (C=O) groups is 1. The number of nitrogens with one attached hydrogen (secondary N) is 1. The zero-order chi connectivity index (χ0) is 18.1. The topological polar surface area (TPSA) is 64.1 Å². The molecule has 130 valence electrons. The molecule has 2 heterocycles. The van der Waals surface area contributed by atoms with E-state index in [4.69, 9.17) is 4.74 Å². The van der Waals surface area contributed by atoms with Gasteiger partial charge in [-0.3, -0.25) is 4.79 Å². The maximum Gasteiger partial charge on any atom is 0.252 e. The van der Waals surface area contributed by atoms with Crippen LogP contribution in [0.1, 0.15) is 33.1 Å². The summed E-state index contributed by atoms with van der Waals surface area (Å²) in [5.41, 5.74) is 5.56. The molecule has 1 N–H and O–H groups in total. The highest BCUT2D eigenvalue weighted by Gasteiger charge is 2.28. The molecule has 5 nitrogen and oxygen atoms in total. The summed E-state index contributed by atoms with van der Waals surface area (Å²) in [5, 5.41) is 3.10. The van der Waals surface area contributed by atoms with Crippen molar-refractivity contribution >= 4 is 5.91 Å². The molecule has 0 unspecified atom stereocenters. The Bertz CT molecular complexity index is 970. The Labute approximate surface area is 152 Å². The molecule has 5 heteroatoms. The number of hydrogen-bond donors (Lipinski definition) is 1. The monoisotopic (exact) mass is 345 g/mol. The molecule has 0 aliphatic carbocycles. The minimum absolute atomic E-state index is 0.135. The average Bonchev–Trinajstić information content (AvgIpc) is 3.09. The van der Waals surface area contributed by atoms with Crippen molar-refractivity contribution in [2.45, 2.75) is 19.9 Å². The van der Waals surface area contributed by atoms with E-state index in [2.05, 4.69) is 28.3 Å². The standard InChI is InChI=1S/C21H19N3O2/c1-13-7-8-18-19(11-26-20(18)14(13)2)24-21(25)17-6-4-3-5-16(17)15-9-22-12-23-10-15/h3-10,12,19H,11H2,1-2H3,(H,24,25)/t19-/m1/s1. The van der Waals surface area contributed by atoms with Crippen LogP contribution in [-0.2, 0) is 0 Å². The number of carbonyl (C=O) groups excluding carboxylic acids is 1. The fourth-order valence-corrected chi connectivity index (χ4v) is 3.26. The van der Waals surface area contributed by atoms with Gasteiger partial charge in [0.25, 0.3) is 5.91 Å². The highest BCUT2D eigenvalue weighted by Crippen LogP contribution is 2.37. The van der Waals surface area contributed by atoms with E-state index in [0.29, 0.717) is 12.2 Å². The van der Waals surface area contributed by atoms with Crippen molar-refractivity contribution in [2.75, 3.05) is 6.61 Å². The number of aromatic nitrogens is 2. The van der Waals surface area contributed by atoms with E-state index < -0.39 is 0 Å². The lowest BCUT2D eigenvalue weighted by Crippen LogP contribution is -2.29. The largest absolute Gasteiger partial charge is 0.490 e. The van der Waals surface area contributed by atoms with Crippen LogP contribution in [0.15, 0.2) is 55.1 Å². The van der Waals surface area contributed by atoms with Gasteiger partial charge < -0.3 is 10.1 Å². The number of amides is 1. The number of hydrogen-bond acceptors (Lipinski definition) is 4. The van der Waals surface area contributed by atoms with Crippen LogP contribution in [0.4, 0.5) is 0 Å². The van der Waals surface area contributed by atoms with Crippen LogP contribution in [0.5, 0.6) is 5.75 Å². The first-order chi connectivity index (χ1) is 12.6. The fourth-order valence-electron chi connectivity index (χ4n) is 3.26. The summed E-state index contributed by atoms with van der Waals surface area (Å²) in [6, 6.07) is 11.4. The smallest absolute Gasteiger partial charge is 0.252 e. The third-order valence-corrected chi connectivity index (χ3v) is 4.83. The Morgan fingerprint density at radius 2 is 1.88 bits per heavy atom. The molecule has 0 spiro atoms. The molecule has 1 aromatic heterocycles. The molecule has 0 saturated carbocycles. The van der Waals surface area contributed by atoms with Gasteiger partial charge in [-0.15, -0.1) is 0 Å². The van der Waals surface area contributed by atoms with Gasteiger partial charge in [-0.2, -0.15) is 0 Å². The van der Waals surface area contributed by atoms with E-state index in [9.17, 15) is 4.79 Å². The van der Waals surface area contributed by atoms with Gasteiger partial charge in [0.2, 0.25) is 0 Å². The van der Waals surface area contributed by atoms with Crippen molar-refractivity contribution in [3.63, 3.8) is 0 Å². The van der Waals surface area contributed by atoms with Gasteiger partial charge in [-0.25, -0.2) is 9.97 Å². The van der Waals surface area contributed by atoms with E-state index in [1.54, 1.807) is 12.4 Å². The zero-order valence-corrected chi connectivity index (χ0v) is 14.7. The van der Waals surface area contributed by atoms with E-state index in [1.807, 2.05) is 37.3 Å². The van der Waals surface area contributed by atoms with Crippen LogP contribution in [0.2, 0.25) is 0 Å². The van der Waals surface area contributed by atoms with Crippen LogP contribution in [0, 0.1) is 13.8 Å². The van der Waals surface area contributed by atoms with Gasteiger partial charge in [-0.1, -0.05) is 30.3 Å². The van der Waals surface area contributed by atoms with Crippen LogP contribution in [0.3, 0.4) is 0 Å². The van der Waals surface area contributed by atoms with E-state index in [1.165, 1.54) is 11.9 Å². The highest BCUT2D eigenvalue weighted by molar-refractivity contribution is 6.01. The molecule has 4 rings (SSSR count). The highest BCUT2D eigenvalue weighted by atomic mass is 16.5. The molecule has 2 aromatic carbocycles. The van der Waals surface area contributed by atoms with Crippen molar-refractivity contribution in [3.05, 3.63) is 77.4 Å². The molecule has 0 fully saturated rings. The Morgan fingerprint density at radius 3 is 2.69 bits per heavy atom. The van der Waals surface area contributed by atoms with Gasteiger partial charge in [-0.05, 0) is 36.6 Å². The van der Waals surface area contributed by atoms with E-state index >= 15 is 0 Å². The van der Waals surface area contributed by atoms with Crippen LogP contribution < -0.4 is 10.1 Å². The number of nitrogens with zero attached hydrogens (tertiary/aromatic N) is 2. The molecule has 26 heavy (non-hydrogen) atoms. The summed E-state index contributed by atoms with van der Waals surface area (Å²) in [6.45, 7) is 4.55. The minimum Gasteiger partial charge on any atom is -0.490 e. The molecular formula is C21H19N3O2. The predicted octanol–water partition coefficient (Wildman–Crippen LogP) is 3.62. The van der Waals surface area contributed by atoms with Crippen molar-refractivity contribution < 1.29 is 9.53 Å². The maximum atomic E-state index is 12.9. The first-order valence-corrected chi connectivity index (χ1v) is 8.53. The van der Waals surface area contributed by atoms with Gasteiger partial charge in [0, 0.05) is 29.1 Å². The fraction of sp³-hybridized carbons (Fsp3) is 0.190. The van der Waals surface area contributed by atoms with E-state index in [0.717, 1.165) is 28.0 Å². The Morgan fingerprint density at radius 1 is 1.12 bits per heavy atom. The van der Waals surface area contributed by atoms with Crippen molar-refractivity contribution in [2.24, 2.45) is 0 Å². The summed E-state index contributed by atoms with van der Waals surface area (Å²) in [7, 11) is 0. The second kappa shape index (κ2) is 6.59. The van der Waals surface area contributed by atoms with E-state index in [-0.39, 0.29) is 11.9 Å². The lowest BCUT2D eigenvalue weighted by atomic mass is 9.99. The van der Waals surface area contributed by atoms with Gasteiger partial charge in [0.15, 0.2) is 0 Å². The summed E-state index contributed by atoms with van der Waals surface area (Å²) >= 11 is 0. The number of benzene rings is 2. The maximum absolute atomic E-state index is 12.9. The average molecular weight is 345 g/mol. The van der Waals surface area contributed by atoms with Crippen LogP contribution in [-0.4, -0.2) is 22.5 Å². The lowest BCUT2D eigenvalue weighted by molar-refractivity contribution is 0.0931. The van der Waals surface area contributed by atoms with Crippen LogP contribution in [0.25, 0.3) is 11.1 Å². The molecular weight excluding hydrogens is 326 g/mol. The number of ether oxygens (including phenoxy) is 1. The first kappa shape index (κ1) is 16.3. The second-order valence-corrected chi connectivity index (χ2v) is 6.44. The summed E-state index contributed by atoms with van der Waals surface area (Å²) in [4.78, 5) is 21.0. The quantitative estimate of drug-likeness (QED) is 0.787. The lowest BCUT2D eigenvalue weighted by Gasteiger charge is -2.14. The zero-order valence-electron chi connectivity index (χ0n) is 14.7. The minimum atomic E-state index is -0.156. The molecule has 0 bridgehead atoms. The normalized spacial score (nSPS) is 15.2. The SMILES string of the molecule is Cc1ccc2c(c1C)OC[C@H]2NC(=O)c1ccccc1-c1cncnc1. The second-order valence-electron chi connectivity index (χ2n) is 6.44. The van der Waals surface area contributed by atoms with Gasteiger partial charge >= 0.3 is 0 Å². The number of fused-ring (bicyclic) bond motifs is 1. The third-order valence-electron chi connectivity index (χ3n) is 4.83. The van der Waals surface area contributed by atoms with Crippen molar-refractivity contribution in [3.8, 4) is 16.9 Å². The molecule has 1 atom stereocenters. The third kappa shape index (κ3) is 2.81. The van der Waals surface area contributed by atoms with Gasteiger partial charge in [0.05, 0.1) is 6.04 Å². The Kier molecular flexibility index (Phi) is 4.13. The molecule has 3 aromatic rings. The molecule has 1 amide bonds. The van der Waals surface area contributed by atoms with Gasteiger partial charge in [0.1, 0.15) is 18.7 Å².